The SMILES string of the molecule is CNC(=[SH+])[N-]N=CC(=N[N-]C(=[SH+])NC)c1ccc(-c2ccccc2)cc1.[Zn]. The summed E-state index contributed by atoms with van der Waals surface area (Å²) >= 11 is 8.27. The van der Waals surface area contributed by atoms with Gasteiger partial charge in [0.1, 0.15) is 0 Å². The zero-order valence-electron chi connectivity index (χ0n) is 15.2. The Morgan fingerprint density at radius 2 is 1.41 bits per heavy atom. The molecule has 2 aromatic rings. The van der Waals surface area contributed by atoms with Gasteiger partial charge in [-0.1, -0.05) is 54.6 Å². The molecule has 0 aliphatic carbocycles. The first-order chi connectivity index (χ1) is 12.6. The maximum atomic E-state index is 4.19. The molecular formula is C18H20N6S2Zn. The summed E-state index contributed by atoms with van der Waals surface area (Å²) in [5.41, 5.74) is 11.6. The van der Waals surface area contributed by atoms with Crippen LogP contribution in [0.15, 0.2) is 64.8 Å². The molecule has 2 N–H and O–H groups in total. The maximum Gasteiger partial charge on any atom is 0.186 e. The van der Waals surface area contributed by atoms with Gasteiger partial charge in [-0.2, -0.15) is 0 Å². The van der Waals surface area contributed by atoms with Crippen LogP contribution in [0.25, 0.3) is 22.0 Å². The fraction of sp³-hybridized carbons (Fsp3) is 0.111. The Morgan fingerprint density at radius 1 is 0.852 bits per heavy atom. The number of benzene rings is 2. The van der Waals surface area contributed by atoms with Gasteiger partial charge >= 0.3 is 0 Å². The smallest absolute Gasteiger partial charge is 0.186 e. The largest absolute Gasteiger partial charge is 0.515 e. The summed E-state index contributed by atoms with van der Waals surface area (Å²) in [6, 6.07) is 18.1. The second kappa shape index (κ2) is 12.5. The average Bonchev–Trinajstić information content (AvgIpc) is 2.70. The molecule has 0 aliphatic rings. The van der Waals surface area contributed by atoms with Crippen molar-refractivity contribution >= 4 is 46.6 Å². The number of nitrogens with one attached hydrogen (secondary N) is 2. The van der Waals surface area contributed by atoms with E-state index in [1.165, 1.54) is 6.21 Å². The molecule has 2 rings (SSSR count). The van der Waals surface area contributed by atoms with Crippen molar-refractivity contribution < 1.29 is 19.5 Å². The molecule has 0 aliphatic heterocycles. The van der Waals surface area contributed by atoms with E-state index in [1.54, 1.807) is 14.1 Å². The summed E-state index contributed by atoms with van der Waals surface area (Å²) in [6.07, 6.45) is 1.52. The normalized spacial score (nSPS) is 11.0. The van der Waals surface area contributed by atoms with Crippen LogP contribution in [0.2, 0.25) is 0 Å². The van der Waals surface area contributed by atoms with Crippen LogP contribution in [0, 0.1) is 0 Å². The quantitative estimate of drug-likeness (QED) is 0.183. The summed E-state index contributed by atoms with van der Waals surface area (Å²) in [5, 5.41) is 14.5. The predicted molar refractivity (Wildman–Crippen MR) is 119 cm³/mol. The Labute approximate surface area is 182 Å². The Hall–Kier alpha value is -1.90. The molecule has 0 spiro atoms. The maximum absolute atomic E-state index is 4.19. The van der Waals surface area contributed by atoms with E-state index >= 15 is 0 Å². The standard InChI is InChI=1S/C18H20N6S2.Zn/c1-19-17(25)23-21-12-16(22-24-18(26)20-2)15-10-8-14(9-11-15)13-6-4-3-5-7-13;/h3-12H,1-2H3,(H4,19,20,21,22,23,24,25,26);. The van der Waals surface area contributed by atoms with Crippen molar-refractivity contribution in [2.24, 2.45) is 10.2 Å². The van der Waals surface area contributed by atoms with Crippen molar-refractivity contribution in [2.75, 3.05) is 14.1 Å². The van der Waals surface area contributed by atoms with Crippen molar-refractivity contribution in [1.29, 1.82) is 0 Å². The number of nitrogens with zero attached hydrogens (tertiary/aromatic N) is 4. The van der Waals surface area contributed by atoms with Crippen LogP contribution in [0.4, 0.5) is 0 Å². The van der Waals surface area contributed by atoms with Crippen molar-refractivity contribution in [3.8, 4) is 11.1 Å². The first-order valence-corrected chi connectivity index (χ1v) is 8.69. The molecule has 0 amide bonds. The topological polar surface area (TPSA) is 77.0 Å². The molecule has 0 radical (unpaired) electrons. The minimum atomic E-state index is 0. The molecule has 136 valence electrons. The van der Waals surface area contributed by atoms with E-state index in [1.807, 2.05) is 42.5 Å². The van der Waals surface area contributed by atoms with Gasteiger partial charge in [-0.3, -0.25) is 10.6 Å². The van der Waals surface area contributed by atoms with Gasteiger partial charge in [0.05, 0.1) is 5.71 Å². The second-order valence-electron chi connectivity index (χ2n) is 5.02. The predicted octanol–water partition coefficient (Wildman–Crippen LogP) is 1.96. The number of hydrogen-bond donors (Lipinski definition) is 2. The molecule has 0 atom stereocenters. The van der Waals surface area contributed by atoms with Crippen molar-refractivity contribution in [3.63, 3.8) is 0 Å². The van der Waals surface area contributed by atoms with E-state index < -0.39 is 0 Å². The van der Waals surface area contributed by atoms with Gasteiger partial charge in [-0.25, -0.2) is 0 Å². The molecule has 0 saturated heterocycles. The Kier molecular flexibility index (Phi) is 10.7. The molecule has 0 aromatic heterocycles. The summed E-state index contributed by atoms with van der Waals surface area (Å²) in [6.45, 7) is 0. The fourth-order valence-corrected chi connectivity index (χ4v) is 2.06. The third-order valence-electron chi connectivity index (χ3n) is 3.32. The van der Waals surface area contributed by atoms with Crippen LogP contribution >= 0.6 is 0 Å². The van der Waals surface area contributed by atoms with Crippen molar-refractivity contribution in [1.82, 2.24) is 10.6 Å². The Balaban J connectivity index is 0.00000364. The van der Waals surface area contributed by atoms with Crippen molar-refractivity contribution in [2.45, 2.75) is 0 Å². The van der Waals surface area contributed by atoms with Gasteiger partial charge in [-0.15, -0.1) is 0 Å². The molecular weight excluding hydrogens is 430 g/mol. The minimum absolute atomic E-state index is 0. The third kappa shape index (κ3) is 7.70. The summed E-state index contributed by atoms with van der Waals surface area (Å²) < 4.78 is 0. The van der Waals surface area contributed by atoms with E-state index in [-0.39, 0.29) is 19.5 Å². The first kappa shape index (κ1) is 23.1. The van der Waals surface area contributed by atoms with Gasteiger partial charge in [0.15, 0.2) is 34.7 Å². The van der Waals surface area contributed by atoms with Crippen LogP contribution in [0.3, 0.4) is 0 Å². The number of rotatable bonds is 5. The van der Waals surface area contributed by atoms with Crippen molar-refractivity contribution in [3.05, 3.63) is 71.0 Å². The summed E-state index contributed by atoms with van der Waals surface area (Å²) in [7, 11) is 3.43. The average molecular weight is 450 g/mol. The molecule has 6 nitrogen and oxygen atoms in total. The van der Waals surface area contributed by atoms with E-state index in [0.29, 0.717) is 15.9 Å². The van der Waals surface area contributed by atoms with Crippen LogP contribution in [-0.2, 0) is 43.9 Å². The Morgan fingerprint density at radius 3 is 2.00 bits per heavy atom. The van der Waals surface area contributed by atoms with E-state index in [2.05, 4.69) is 68.3 Å². The van der Waals surface area contributed by atoms with Crippen LogP contribution in [0.1, 0.15) is 5.56 Å². The van der Waals surface area contributed by atoms with Gasteiger partial charge in [0, 0.05) is 25.7 Å². The van der Waals surface area contributed by atoms with E-state index in [9.17, 15) is 0 Å². The fourth-order valence-electron chi connectivity index (χ4n) is 1.96. The van der Waals surface area contributed by atoms with Crippen LogP contribution in [-0.4, -0.2) is 36.2 Å². The van der Waals surface area contributed by atoms with E-state index in [0.717, 1.165) is 16.7 Å². The molecule has 0 fully saturated rings. The Bertz CT molecular complexity index is 806. The molecule has 2 aromatic carbocycles. The van der Waals surface area contributed by atoms with E-state index in [4.69, 9.17) is 0 Å². The van der Waals surface area contributed by atoms with Gasteiger partial charge in [-0.05, 0) is 30.8 Å². The molecule has 0 bridgehead atoms. The van der Waals surface area contributed by atoms with Crippen LogP contribution < -0.4 is 10.6 Å². The number of thiol groups is 2. The van der Waals surface area contributed by atoms with Gasteiger partial charge in [0.2, 0.25) is 0 Å². The molecule has 0 heterocycles. The monoisotopic (exact) mass is 448 g/mol. The second-order valence-corrected chi connectivity index (χ2v) is 5.87. The summed E-state index contributed by atoms with van der Waals surface area (Å²) in [4.78, 5) is 0. The van der Waals surface area contributed by atoms with Gasteiger partial charge < -0.3 is 21.1 Å². The molecule has 0 unspecified atom stereocenters. The number of hydrogen-bond acceptors (Lipinski definition) is 2. The summed E-state index contributed by atoms with van der Waals surface area (Å²) in [5.74, 6) is 0. The first-order valence-electron chi connectivity index (χ1n) is 7.80. The zero-order chi connectivity index (χ0) is 18.8. The third-order valence-corrected chi connectivity index (χ3v) is 3.95. The molecule has 0 saturated carbocycles. The molecule has 27 heavy (non-hydrogen) atoms. The minimum Gasteiger partial charge on any atom is -0.515 e. The molecule has 9 heteroatoms. The van der Waals surface area contributed by atoms with Crippen LogP contribution in [0.5, 0.6) is 0 Å². The zero-order valence-corrected chi connectivity index (χ0v) is 19.9. The van der Waals surface area contributed by atoms with Gasteiger partial charge in [0.25, 0.3) is 0 Å².